The molecule has 5 heteroatoms. The Hall–Kier alpha value is -2.85. The molecule has 0 aliphatic carbocycles. The summed E-state index contributed by atoms with van der Waals surface area (Å²) in [6.07, 6.45) is 5.15. The van der Waals surface area contributed by atoms with E-state index in [0.29, 0.717) is 5.02 Å². The van der Waals surface area contributed by atoms with Crippen LogP contribution >= 0.6 is 11.6 Å². The van der Waals surface area contributed by atoms with E-state index in [2.05, 4.69) is 10.4 Å². The Morgan fingerprint density at radius 3 is 2.50 bits per heavy atom. The quantitative estimate of drug-likeness (QED) is 0.733. The van der Waals surface area contributed by atoms with Crippen LogP contribution in [0.25, 0.3) is 23.0 Å². The fourth-order valence-corrected chi connectivity index (χ4v) is 2.43. The van der Waals surface area contributed by atoms with Crippen LogP contribution in [-0.2, 0) is 4.79 Å². The molecular weight excluding hydrogens is 322 g/mol. The molecule has 3 rings (SSSR count). The average Bonchev–Trinajstić information content (AvgIpc) is 3.05. The predicted molar refractivity (Wildman–Crippen MR) is 97.1 cm³/mol. The first-order chi connectivity index (χ1) is 11.7. The van der Waals surface area contributed by atoms with E-state index in [4.69, 9.17) is 11.6 Å². The van der Waals surface area contributed by atoms with E-state index in [0.717, 1.165) is 22.5 Å². The van der Waals surface area contributed by atoms with Crippen LogP contribution in [0.5, 0.6) is 0 Å². The number of benzene rings is 2. The number of nitrogens with zero attached hydrogens (tertiary/aromatic N) is 2. The molecule has 1 heterocycles. The van der Waals surface area contributed by atoms with Crippen molar-refractivity contribution in [3.8, 4) is 16.9 Å². The molecular formula is C19H16ClN3O. The third-order valence-corrected chi connectivity index (χ3v) is 3.79. The molecule has 0 fully saturated rings. The molecule has 24 heavy (non-hydrogen) atoms. The molecule has 0 bridgehead atoms. The summed E-state index contributed by atoms with van der Waals surface area (Å²) in [6, 6.07) is 17.3. The SMILES string of the molecule is CNC(=O)/C=C/c1cn(-c2ccccc2)nc1-c1ccc(Cl)cc1. The Morgan fingerprint density at radius 1 is 1.12 bits per heavy atom. The fourth-order valence-electron chi connectivity index (χ4n) is 2.30. The van der Waals surface area contributed by atoms with Crippen LogP contribution in [0.3, 0.4) is 0 Å². The maximum absolute atomic E-state index is 11.5. The first kappa shape index (κ1) is 16.0. The minimum absolute atomic E-state index is 0.162. The van der Waals surface area contributed by atoms with Gasteiger partial charge in [0, 0.05) is 35.5 Å². The third-order valence-electron chi connectivity index (χ3n) is 3.54. The zero-order chi connectivity index (χ0) is 16.9. The Morgan fingerprint density at radius 2 is 1.83 bits per heavy atom. The zero-order valence-corrected chi connectivity index (χ0v) is 13.9. The largest absolute Gasteiger partial charge is 0.356 e. The molecule has 2 aromatic carbocycles. The number of aromatic nitrogens is 2. The van der Waals surface area contributed by atoms with Crippen molar-refractivity contribution in [1.29, 1.82) is 0 Å². The molecule has 3 aromatic rings. The number of rotatable bonds is 4. The maximum Gasteiger partial charge on any atom is 0.243 e. The first-order valence-electron chi connectivity index (χ1n) is 7.48. The second kappa shape index (κ2) is 7.15. The Balaban J connectivity index is 2.07. The van der Waals surface area contributed by atoms with Gasteiger partial charge in [0.2, 0.25) is 5.91 Å². The summed E-state index contributed by atoms with van der Waals surface area (Å²) in [5.74, 6) is -0.162. The number of likely N-dealkylation sites (N-methyl/N-ethyl adjacent to an activating group) is 1. The van der Waals surface area contributed by atoms with Crippen molar-refractivity contribution in [3.05, 3.63) is 77.5 Å². The van der Waals surface area contributed by atoms with E-state index >= 15 is 0 Å². The molecule has 0 aliphatic rings. The first-order valence-corrected chi connectivity index (χ1v) is 7.86. The molecule has 0 aliphatic heterocycles. The summed E-state index contributed by atoms with van der Waals surface area (Å²) in [6.45, 7) is 0. The maximum atomic E-state index is 11.5. The molecule has 0 unspecified atom stereocenters. The summed E-state index contributed by atoms with van der Waals surface area (Å²) >= 11 is 5.97. The number of hydrogen-bond donors (Lipinski definition) is 1. The number of halogens is 1. The van der Waals surface area contributed by atoms with Gasteiger partial charge >= 0.3 is 0 Å². The van der Waals surface area contributed by atoms with Gasteiger partial charge in [0.05, 0.1) is 11.4 Å². The highest BCUT2D eigenvalue weighted by molar-refractivity contribution is 6.30. The molecule has 0 spiro atoms. The van der Waals surface area contributed by atoms with Crippen LogP contribution < -0.4 is 5.32 Å². The second-order valence-electron chi connectivity index (χ2n) is 5.17. The highest BCUT2D eigenvalue weighted by atomic mass is 35.5. The number of hydrogen-bond acceptors (Lipinski definition) is 2. The lowest BCUT2D eigenvalue weighted by Gasteiger charge is -2.00. The van der Waals surface area contributed by atoms with E-state index in [1.54, 1.807) is 17.8 Å². The summed E-state index contributed by atoms with van der Waals surface area (Å²) in [5.41, 5.74) is 3.53. The van der Waals surface area contributed by atoms with Gasteiger partial charge in [-0.25, -0.2) is 4.68 Å². The van der Waals surface area contributed by atoms with Crippen molar-refractivity contribution in [2.45, 2.75) is 0 Å². The van der Waals surface area contributed by atoms with E-state index in [-0.39, 0.29) is 5.91 Å². The van der Waals surface area contributed by atoms with Crippen LogP contribution in [0.4, 0.5) is 0 Å². The highest BCUT2D eigenvalue weighted by Crippen LogP contribution is 2.26. The number of para-hydroxylation sites is 1. The van der Waals surface area contributed by atoms with Crippen LogP contribution in [0.2, 0.25) is 5.02 Å². The summed E-state index contributed by atoms with van der Waals surface area (Å²) in [7, 11) is 1.60. The molecule has 4 nitrogen and oxygen atoms in total. The van der Waals surface area contributed by atoms with E-state index in [9.17, 15) is 4.79 Å². The van der Waals surface area contributed by atoms with Crippen molar-refractivity contribution in [2.75, 3.05) is 7.05 Å². The van der Waals surface area contributed by atoms with Crippen molar-refractivity contribution < 1.29 is 4.79 Å². The van der Waals surface area contributed by atoms with Crippen molar-refractivity contribution >= 4 is 23.6 Å². The van der Waals surface area contributed by atoms with Gasteiger partial charge in [0.1, 0.15) is 0 Å². The van der Waals surface area contributed by atoms with E-state index < -0.39 is 0 Å². The Labute approximate surface area is 145 Å². The summed E-state index contributed by atoms with van der Waals surface area (Å²) < 4.78 is 1.80. The highest BCUT2D eigenvalue weighted by Gasteiger charge is 2.10. The van der Waals surface area contributed by atoms with Crippen LogP contribution in [-0.4, -0.2) is 22.7 Å². The third kappa shape index (κ3) is 3.55. The molecule has 120 valence electrons. The number of carbonyl (C=O) groups excluding carboxylic acids is 1. The lowest BCUT2D eigenvalue weighted by molar-refractivity contribution is -0.115. The molecule has 1 N–H and O–H groups in total. The van der Waals surface area contributed by atoms with Crippen molar-refractivity contribution in [2.24, 2.45) is 0 Å². The summed E-state index contributed by atoms with van der Waals surface area (Å²) in [5, 5.41) is 7.91. The van der Waals surface area contributed by atoms with Crippen LogP contribution in [0.1, 0.15) is 5.56 Å². The van der Waals surface area contributed by atoms with Gasteiger partial charge in [-0.3, -0.25) is 4.79 Å². The second-order valence-corrected chi connectivity index (χ2v) is 5.60. The standard InChI is InChI=1S/C19H16ClN3O/c1-21-18(24)12-9-15-13-23(17-5-3-2-4-6-17)22-19(15)14-7-10-16(20)11-8-14/h2-13H,1H3,(H,21,24)/b12-9+. The number of amides is 1. The van der Waals surface area contributed by atoms with Crippen molar-refractivity contribution in [1.82, 2.24) is 15.1 Å². The van der Waals surface area contributed by atoms with E-state index in [1.165, 1.54) is 6.08 Å². The monoisotopic (exact) mass is 337 g/mol. The van der Waals surface area contributed by atoms with E-state index in [1.807, 2.05) is 60.8 Å². The minimum Gasteiger partial charge on any atom is -0.356 e. The fraction of sp³-hybridized carbons (Fsp3) is 0.0526. The lowest BCUT2D eigenvalue weighted by Crippen LogP contribution is -2.13. The summed E-state index contributed by atoms with van der Waals surface area (Å²) in [4.78, 5) is 11.5. The van der Waals surface area contributed by atoms with Gasteiger partial charge in [-0.1, -0.05) is 41.9 Å². The topological polar surface area (TPSA) is 46.9 Å². The number of nitrogens with one attached hydrogen (secondary N) is 1. The minimum atomic E-state index is -0.162. The average molecular weight is 338 g/mol. The molecule has 0 atom stereocenters. The molecule has 0 saturated carbocycles. The Bertz CT molecular complexity index is 867. The van der Waals surface area contributed by atoms with Crippen LogP contribution in [0.15, 0.2) is 66.9 Å². The van der Waals surface area contributed by atoms with Gasteiger partial charge < -0.3 is 5.32 Å². The normalized spacial score (nSPS) is 10.9. The van der Waals surface area contributed by atoms with Gasteiger partial charge in [-0.2, -0.15) is 5.10 Å². The molecule has 0 saturated heterocycles. The lowest BCUT2D eigenvalue weighted by atomic mass is 10.1. The number of carbonyl (C=O) groups is 1. The predicted octanol–water partition coefficient (Wildman–Crippen LogP) is 3.95. The van der Waals surface area contributed by atoms with Gasteiger partial charge in [0.15, 0.2) is 0 Å². The van der Waals surface area contributed by atoms with Gasteiger partial charge in [-0.15, -0.1) is 0 Å². The molecule has 0 radical (unpaired) electrons. The van der Waals surface area contributed by atoms with Gasteiger partial charge in [-0.05, 0) is 30.3 Å². The molecule has 1 amide bonds. The van der Waals surface area contributed by atoms with Crippen molar-refractivity contribution in [3.63, 3.8) is 0 Å². The van der Waals surface area contributed by atoms with Crippen LogP contribution in [0, 0.1) is 0 Å². The molecule has 1 aromatic heterocycles. The van der Waals surface area contributed by atoms with Gasteiger partial charge in [0.25, 0.3) is 0 Å². The smallest absolute Gasteiger partial charge is 0.243 e. The Kier molecular flexibility index (Phi) is 4.77. The zero-order valence-electron chi connectivity index (χ0n) is 13.1.